The van der Waals surface area contributed by atoms with Crippen LogP contribution in [0.1, 0.15) is 12.5 Å². The summed E-state index contributed by atoms with van der Waals surface area (Å²) in [6.45, 7) is -5.84. The standard InChI is InChI=1S/C20H23FN10O10P2S/c21-9-13-8(39-19(9)30-5-28-10-15(22)24-3-26-17(10)30)2-37-43(35,44)41-14-12(32)7(1-36-42(33,34)40-13)38-20(14)31-6-29-11-16(23)25-4-27-18(11)31/h3-9,12-14,19-20,32H,1-2H2,(H,33,34)(H,35,44)(H2,22,24,26)(H2,23,25,27)/t7?,8-,9?,12?,13?,14?,19?,20?,43+/m1/s1. The van der Waals surface area contributed by atoms with Crippen molar-refractivity contribution in [3.05, 3.63) is 25.3 Å². The molecular formula is C20H23FN10O10P2S. The summed E-state index contributed by atoms with van der Waals surface area (Å²) in [4.78, 5) is 34.7. The number of fused-ring (bicyclic) bond motifs is 5. The lowest BCUT2D eigenvalue weighted by Gasteiger charge is -2.26. The van der Waals surface area contributed by atoms with Crippen molar-refractivity contribution in [1.29, 1.82) is 0 Å². The maximum absolute atomic E-state index is 15.9. The number of thiol groups is 1. The van der Waals surface area contributed by atoms with Crippen LogP contribution >= 0.6 is 26.9 Å². The minimum Gasteiger partial charge on any atom is -0.387 e. The summed E-state index contributed by atoms with van der Waals surface area (Å²) >= 11 is 4.04. The Morgan fingerprint density at radius 1 is 0.841 bits per heavy atom. The van der Waals surface area contributed by atoms with Gasteiger partial charge in [0.2, 0.25) is 0 Å². The maximum Gasteiger partial charge on any atom is 0.472 e. The van der Waals surface area contributed by atoms with Gasteiger partial charge in [0.15, 0.2) is 41.6 Å². The smallest absolute Gasteiger partial charge is 0.387 e. The fourth-order valence-electron chi connectivity index (χ4n) is 5.19. The van der Waals surface area contributed by atoms with Crippen molar-refractivity contribution in [3.63, 3.8) is 0 Å². The van der Waals surface area contributed by atoms with Crippen molar-refractivity contribution in [3.8, 4) is 0 Å². The molecule has 7 heterocycles. The van der Waals surface area contributed by atoms with E-state index >= 15 is 4.39 Å². The molecule has 20 nitrogen and oxygen atoms in total. The average molecular weight is 676 g/mol. The lowest BCUT2D eigenvalue weighted by molar-refractivity contribution is -0.0619. The molecule has 4 aromatic rings. The number of phosphoric ester groups is 1. The fourth-order valence-corrected chi connectivity index (χ4v) is 7.60. The average Bonchev–Trinajstić information content (AvgIpc) is 3.73. The predicted molar refractivity (Wildman–Crippen MR) is 146 cm³/mol. The molecule has 0 aliphatic carbocycles. The van der Waals surface area contributed by atoms with Crippen molar-refractivity contribution >= 4 is 60.8 Å². The Kier molecular flexibility index (Phi) is 7.37. The number of halogens is 1. The van der Waals surface area contributed by atoms with Gasteiger partial charge in [-0.1, -0.05) is 12.2 Å². The van der Waals surface area contributed by atoms with E-state index in [1.54, 1.807) is 0 Å². The van der Waals surface area contributed by atoms with Crippen molar-refractivity contribution < 1.29 is 51.1 Å². The Hall–Kier alpha value is -2.88. The molecule has 0 aromatic carbocycles. The molecule has 3 saturated heterocycles. The highest BCUT2D eigenvalue weighted by Crippen LogP contribution is 2.58. The number of imidazole rings is 2. The first kappa shape index (κ1) is 29.8. The number of phosphoric acid groups is 1. The first-order valence-electron chi connectivity index (χ1n) is 12.7. The number of rotatable bonds is 2. The minimum absolute atomic E-state index is 0.0302. The quantitative estimate of drug-likeness (QED) is 0.141. The van der Waals surface area contributed by atoms with Gasteiger partial charge in [0.05, 0.1) is 25.9 Å². The number of nitrogens with two attached hydrogens (primary N) is 2. The zero-order valence-electron chi connectivity index (χ0n) is 22.0. The lowest BCUT2D eigenvalue weighted by atomic mass is 10.1. The van der Waals surface area contributed by atoms with Crippen LogP contribution in [0.2, 0.25) is 0 Å². The summed E-state index contributed by atoms with van der Waals surface area (Å²) in [6.07, 6.45) is -7.80. The number of aliphatic hydroxyl groups is 1. The number of hydrogen-bond donors (Lipinski definition) is 5. The normalized spacial score (nSPS) is 38.3. The fraction of sp³-hybridized carbons (Fsp3) is 0.500. The highest BCUT2D eigenvalue weighted by atomic mass is 32.7. The third kappa shape index (κ3) is 5.14. The number of alkyl halides is 1. The SMILES string of the molecule is Nc1ncnc2c1ncn2C1O[C@@H]2CO[P@](=O)(S)OC3C(O)C(COP(=O)(O)OC2C1F)OC3n1cnc2c(N)ncnc21. The van der Waals surface area contributed by atoms with Gasteiger partial charge in [0, 0.05) is 0 Å². The van der Waals surface area contributed by atoms with Crippen LogP contribution in [0.25, 0.3) is 22.3 Å². The highest BCUT2D eigenvalue weighted by Gasteiger charge is 2.54. The van der Waals surface area contributed by atoms with E-state index in [1.165, 1.54) is 28.1 Å². The third-order valence-corrected chi connectivity index (χ3v) is 9.82. The van der Waals surface area contributed by atoms with Crippen LogP contribution in [0, 0.1) is 0 Å². The number of ether oxygens (including phenoxy) is 2. The molecule has 0 saturated carbocycles. The molecule has 44 heavy (non-hydrogen) atoms. The number of aromatic nitrogens is 8. The van der Waals surface area contributed by atoms with Gasteiger partial charge < -0.3 is 30.9 Å². The first-order chi connectivity index (χ1) is 20.9. The second-order valence-corrected chi connectivity index (χ2v) is 14.2. The summed E-state index contributed by atoms with van der Waals surface area (Å²) in [6, 6.07) is 0. The van der Waals surface area contributed by atoms with Crippen LogP contribution in [-0.2, 0) is 36.7 Å². The van der Waals surface area contributed by atoms with Gasteiger partial charge >= 0.3 is 14.6 Å². The second kappa shape index (κ2) is 10.9. The van der Waals surface area contributed by atoms with Gasteiger partial charge in [-0.25, -0.2) is 43.4 Å². The number of nitrogens with zero attached hydrogens (tertiary/aromatic N) is 8. The van der Waals surface area contributed by atoms with Gasteiger partial charge in [0.1, 0.15) is 54.2 Å². The summed E-state index contributed by atoms with van der Waals surface area (Å²) in [5.74, 6) is 0.0891. The molecule has 10 atom stereocenters. The predicted octanol–water partition coefficient (Wildman–Crippen LogP) is 0.280. The van der Waals surface area contributed by atoms with E-state index in [-0.39, 0.29) is 34.0 Å². The largest absolute Gasteiger partial charge is 0.472 e. The number of anilines is 2. The van der Waals surface area contributed by atoms with E-state index in [0.717, 1.165) is 6.33 Å². The van der Waals surface area contributed by atoms with E-state index in [9.17, 15) is 19.1 Å². The molecule has 7 rings (SSSR count). The Morgan fingerprint density at radius 2 is 1.41 bits per heavy atom. The molecule has 4 aromatic heterocycles. The molecule has 3 fully saturated rings. The molecular weight excluding hydrogens is 653 g/mol. The molecule has 2 bridgehead atoms. The Morgan fingerprint density at radius 3 is 2.05 bits per heavy atom. The van der Waals surface area contributed by atoms with Crippen LogP contribution < -0.4 is 11.5 Å². The van der Waals surface area contributed by atoms with Gasteiger partial charge in [-0.15, -0.1) is 0 Å². The molecule has 8 unspecified atom stereocenters. The number of aliphatic hydroxyl groups excluding tert-OH is 1. The van der Waals surface area contributed by atoms with E-state index in [1.807, 2.05) is 0 Å². The molecule has 3 aliphatic heterocycles. The van der Waals surface area contributed by atoms with Gasteiger partial charge in [-0.2, -0.15) is 0 Å². The summed E-state index contributed by atoms with van der Waals surface area (Å²) < 4.78 is 78.0. The first-order valence-corrected chi connectivity index (χ1v) is 16.9. The van der Waals surface area contributed by atoms with Gasteiger partial charge in [-0.05, 0) is 0 Å². The van der Waals surface area contributed by atoms with E-state index in [2.05, 4.69) is 42.2 Å². The van der Waals surface area contributed by atoms with Gasteiger partial charge in [0.25, 0.3) is 0 Å². The summed E-state index contributed by atoms with van der Waals surface area (Å²) in [7, 11) is -5.06. The Balaban J connectivity index is 1.20. The second-order valence-electron chi connectivity index (χ2n) is 9.90. The van der Waals surface area contributed by atoms with Crippen LogP contribution in [0.15, 0.2) is 25.3 Å². The van der Waals surface area contributed by atoms with Crippen molar-refractivity contribution in [1.82, 2.24) is 39.0 Å². The number of nitrogen functional groups attached to an aromatic ring is 2. The zero-order valence-corrected chi connectivity index (χ0v) is 24.6. The van der Waals surface area contributed by atoms with Crippen LogP contribution in [-0.4, -0.2) is 98.9 Å². The number of hydrogen-bond acceptors (Lipinski definition) is 17. The molecule has 0 radical (unpaired) electrons. The molecule has 0 amide bonds. The van der Waals surface area contributed by atoms with Crippen LogP contribution in [0.5, 0.6) is 0 Å². The lowest BCUT2D eigenvalue weighted by Crippen LogP contribution is -2.35. The monoisotopic (exact) mass is 676 g/mol. The molecule has 236 valence electrons. The van der Waals surface area contributed by atoms with Crippen molar-refractivity contribution in [2.75, 3.05) is 24.7 Å². The van der Waals surface area contributed by atoms with Crippen LogP contribution in [0.3, 0.4) is 0 Å². The van der Waals surface area contributed by atoms with Gasteiger partial charge in [-0.3, -0.25) is 27.2 Å². The molecule has 6 N–H and O–H groups in total. The maximum atomic E-state index is 15.9. The minimum atomic E-state index is -5.06. The topological polar surface area (TPSA) is 269 Å². The summed E-state index contributed by atoms with van der Waals surface area (Å²) in [5.41, 5.74) is 12.4. The third-order valence-electron chi connectivity index (χ3n) is 7.22. The molecule has 3 aliphatic rings. The molecule has 0 spiro atoms. The Labute approximate surface area is 250 Å². The summed E-state index contributed by atoms with van der Waals surface area (Å²) in [5, 5.41) is 11.1. The van der Waals surface area contributed by atoms with E-state index in [0.29, 0.717) is 0 Å². The molecule has 24 heteroatoms. The Bertz CT molecular complexity index is 1830. The van der Waals surface area contributed by atoms with Crippen molar-refractivity contribution in [2.24, 2.45) is 0 Å². The van der Waals surface area contributed by atoms with E-state index in [4.69, 9.17) is 39.0 Å². The van der Waals surface area contributed by atoms with Crippen LogP contribution in [0.4, 0.5) is 16.0 Å². The van der Waals surface area contributed by atoms with Crippen molar-refractivity contribution in [2.45, 2.75) is 49.1 Å². The van der Waals surface area contributed by atoms with E-state index < -0.39 is 77.0 Å². The zero-order chi connectivity index (χ0) is 31.0. The highest BCUT2D eigenvalue weighted by molar-refractivity contribution is 8.44.